The number of esters is 1. The molecule has 0 saturated heterocycles. The van der Waals surface area contributed by atoms with E-state index >= 15 is 0 Å². The highest BCUT2D eigenvalue weighted by molar-refractivity contribution is 8.00. The quantitative estimate of drug-likeness (QED) is 0.794. The molecule has 1 aliphatic heterocycles. The molecule has 16 heavy (non-hydrogen) atoms. The lowest BCUT2D eigenvalue weighted by Gasteiger charge is -2.16. The second-order valence-corrected chi connectivity index (χ2v) is 4.20. The van der Waals surface area contributed by atoms with Crippen LogP contribution in [0.25, 0.3) is 0 Å². The number of nitrogens with one attached hydrogen (secondary N) is 1. The van der Waals surface area contributed by atoms with Gasteiger partial charge in [0.2, 0.25) is 5.91 Å². The van der Waals surface area contributed by atoms with Crippen molar-refractivity contribution in [1.82, 2.24) is 0 Å². The molecule has 0 bridgehead atoms. The minimum atomic E-state index is -0.386. The normalized spacial score (nSPS) is 13.9. The van der Waals surface area contributed by atoms with Crippen LogP contribution in [0.15, 0.2) is 17.0 Å². The number of amides is 1. The van der Waals surface area contributed by atoms with E-state index in [1.54, 1.807) is 19.1 Å². The molecule has 0 saturated carbocycles. The third-order valence-corrected chi connectivity index (χ3v) is 3.10. The predicted molar refractivity (Wildman–Crippen MR) is 60.6 cm³/mol. The summed E-state index contributed by atoms with van der Waals surface area (Å²) in [6.45, 7) is 2.10. The van der Waals surface area contributed by atoms with Gasteiger partial charge in [-0.1, -0.05) is 0 Å². The molecule has 0 aliphatic carbocycles. The lowest BCUT2D eigenvalue weighted by molar-refractivity contribution is -0.113. The van der Waals surface area contributed by atoms with Gasteiger partial charge in [0.25, 0.3) is 0 Å². The molecule has 1 aliphatic rings. The first-order valence-electron chi connectivity index (χ1n) is 4.86. The van der Waals surface area contributed by atoms with Crippen LogP contribution in [-0.4, -0.2) is 24.2 Å². The monoisotopic (exact) mass is 236 g/mol. The highest BCUT2D eigenvalue weighted by Gasteiger charge is 2.17. The van der Waals surface area contributed by atoms with Crippen LogP contribution < -0.4 is 5.32 Å². The van der Waals surface area contributed by atoms with Gasteiger partial charge in [0.05, 0.1) is 23.6 Å². The van der Waals surface area contributed by atoms with Gasteiger partial charge in [-0.25, -0.2) is 4.79 Å². The first-order valence-corrected chi connectivity index (χ1v) is 5.84. The van der Waals surface area contributed by atoms with Crippen LogP contribution in [0.3, 0.4) is 0 Å². The van der Waals surface area contributed by atoms with Crippen molar-refractivity contribution >= 4 is 29.3 Å². The molecule has 1 radical (unpaired) electrons. The molecular weight excluding hydrogens is 226 g/mol. The standard InChI is InChI=1S/C11H10NO3S/c1-2-15-11(14)7-3-4-8-9(5-7)16-6-10(13)12-8/h4-5H,2,6H2,1H3,(H,12,13). The number of carbonyl (C=O) groups excluding carboxylic acids is 2. The lowest BCUT2D eigenvalue weighted by atomic mass is 10.2. The molecule has 0 aromatic heterocycles. The fourth-order valence-corrected chi connectivity index (χ4v) is 2.17. The maximum Gasteiger partial charge on any atom is 0.338 e. The highest BCUT2D eigenvalue weighted by atomic mass is 32.2. The number of anilines is 1. The van der Waals surface area contributed by atoms with E-state index in [2.05, 4.69) is 11.4 Å². The number of rotatable bonds is 2. The molecule has 0 unspecified atom stereocenters. The maximum absolute atomic E-state index is 11.4. The van der Waals surface area contributed by atoms with Crippen molar-refractivity contribution in [3.05, 3.63) is 23.8 Å². The molecule has 1 aromatic rings. The van der Waals surface area contributed by atoms with Crippen molar-refractivity contribution in [2.75, 3.05) is 17.7 Å². The van der Waals surface area contributed by atoms with E-state index in [1.165, 1.54) is 11.8 Å². The van der Waals surface area contributed by atoms with Gasteiger partial charge in [-0.2, -0.15) is 0 Å². The van der Waals surface area contributed by atoms with Crippen LogP contribution in [0.2, 0.25) is 0 Å². The molecule has 1 amide bonds. The summed E-state index contributed by atoms with van der Waals surface area (Å²) in [6, 6.07) is 6.09. The Labute approximate surface area is 97.4 Å². The van der Waals surface area contributed by atoms with Crippen molar-refractivity contribution in [1.29, 1.82) is 0 Å². The zero-order valence-electron chi connectivity index (χ0n) is 8.70. The molecule has 4 nitrogen and oxygen atoms in total. The molecular formula is C11H10NO3S. The molecule has 0 spiro atoms. The van der Waals surface area contributed by atoms with E-state index in [0.717, 1.165) is 4.90 Å². The van der Waals surface area contributed by atoms with E-state index in [4.69, 9.17) is 4.74 Å². The fraction of sp³-hybridized carbons (Fsp3) is 0.273. The number of fused-ring (bicyclic) bond motifs is 1. The Morgan fingerprint density at radius 2 is 2.50 bits per heavy atom. The van der Waals surface area contributed by atoms with Gasteiger partial charge in [0.15, 0.2) is 0 Å². The molecule has 83 valence electrons. The molecule has 2 rings (SSSR count). The maximum atomic E-state index is 11.4. The fourth-order valence-electron chi connectivity index (χ4n) is 1.34. The summed E-state index contributed by atoms with van der Waals surface area (Å²) in [5, 5.41) is 2.71. The summed E-state index contributed by atoms with van der Waals surface area (Å²) >= 11 is 1.41. The minimum Gasteiger partial charge on any atom is -0.462 e. The van der Waals surface area contributed by atoms with Gasteiger partial charge >= 0.3 is 5.97 Å². The van der Waals surface area contributed by atoms with Gasteiger partial charge in [0, 0.05) is 4.90 Å². The van der Waals surface area contributed by atoms with Gasteiger partial charge in [-0.05, 0) is 25.1 Å². The van der Waals surface area contributed by atoms with Gasteiger partial charge in [-0.15, -0.1) is 11.8 Å². The summed E-state index contributed by atoms with van der Waals surface area (Å²) in [5.74, 6) is -0.0446. The van der Waals surface area contributed by atoms with Gasteiger partial charge in [-0.3, -0.25) is 4.79 Å². The summed E-state index contributed by atoms with van der Waals surface area (Å²) in [6.07, 6.45) is 0. The summed E-state index contributed by atoms with van der Waals surface area (Å²) < 4.78 is 4.87. The smallest absolute Gasteiger partial charge is 0.338 e. The van der Waals surface area contributed by atoms with Crippen LogP contribution >= 0.6 is 11.8 Å². The number of thioether (sulfide) groups is 1. The highest BCUT2D eigenvalue weighted by Crippen LogP contribution is 2.31. The van der Waals surface area contributed by atoms with Crippen LogP contribution in [-0.2, 0) is 9.53 Å². The number of carbonyl (C=O) groups is 2. The van der Waals surface area contributed by atoms with E-state index in [1.807, 2.05) is 0 Å². The lowest BCUT2D eigenvalue weighted by Crippen LogP contribution is -2.19. The summed E-state index contributed by atoms with van der Waals surface area (Å²) in [4.78, 5) is 23.4. The van der Waals surface area contributed by atoms with Crippen LogP contribution in [0.1, 0.15) is 17.3 Å². The van der Waals surface area contributed by atoms with E-state index in [-0.39, 0.29) is 11.9 Å². The van der Waals surface area contributed by atoms with E-state index in [9.17, 15) is 9.59 Å². The molecule has 1 aromatic carbocycles. The Hall–Kier alpha value is -1.49. The Kier molecular flexibility index (Phi) is 3.14. The van der Waals surface area contributed by atoms with Crippen molar-refractivity contribution in [3.63, 3.8) is 0 Å². The average Bonchev–Trinajstić information content (AvgIpc) is 2.28. The molecule has 0 atom stereocenters. The molecule has 5 heteroatoms. The zero-order valence-corrected chi connectivity index (χ0v) is 9.52. The molecule has 1 N–H and O–H groups in total. The predicted octanol–water partition coefficient (Wildman–Crippen LogP) is 1.71. The SMILES string of the molecule is CCOC(=O)c1[c]cc2c(c1)SCC(=O)N2. The Bertz CT molecular complexity index is 445. The van der Waals surface area contributed by atoms with Crippen molar-refractivity contribution < 1.29 is 14.3 Å². The van der Waals surface area contributed by atoms with E-state index < -0.39 is 0 Å². The Morgan fingerprint density at radius 3 is 3.25 bits per heavy atom. The number of ether oxygens (including phenoxy) is 1. The first kappa shape index (κ1) is 11.0. The van der Waals surface area contributed by atoms with Crippen molar-refractivity contribution in [2.24, 2.45) is 0 Å². The third kappa shape index (κ3) is 2.19. The number of hydrogen-bond acceptors (Lipinski definition) is 4. The van der Waals surface area contributed by atoms with E-state index in [0.29, 0.717) is 23.6 Å². The Balaban J connectivity index is 2.26. The number of hydrogen-bond donors (Lipinski definition) is 1. The van der Waals surface area contributed by atoms with Crippen LogP contribution in [0, 0.1) is 6.07 Å². The molecule has 0 fully saturated rings. The van der Waals surface area contributed by atoms with Gasteiger partial charge in [0.1, 0.15) is 0 Å². The first-order chi connectivity index (χ1) is 7.70. The van der Waals surface area contributed by atoms with Crippen LogP contribution in [0.4, 0.5) is 5.69 Å². The summed E-state index contributed by atoms with van der Waals surface area (Å²) in [7, 11) is 0. The number of benzene rings is 1. The summed E-state index contributed by atoms with van der Waals surface area (Å²) in [5.41, 5.74) is 1.10. The third-order valence-electron chi connectivity index (χ3n) is 2.04. The second-order valence-electron chi connectivity index (χ2n) is 3.18. The largest absolute Gasteiger partial charge is 0.462 e. The topological polar surface area (TPSA) is 55.4 Å². The Morgan fingerprint density at radius 1 is 1.69 bits per heavy atom. The van der Waals surface area contributed by atoms with Crippen molar-refractivity contribution in [3.8, 4) is 0 Å². The van der Waals surface area contributed by atoms with Crippen LogP contribution in [0.5, 0.6) is 0 Å². The molecule has 1 heterocycles. The zero-order chi connectivity index (χ0) is 11.5. The second kappa shape index (κ2) is 4.57. The average molecular weight is 236 g/mol. The minimum absolute atomic E-state index is 0.0326. The van der Waals surface area contributed by atoms with Gasteiger partial charge < -0.3 is 10.1 Å². The van der Waals surface area contributed by atoms with Crippen molar-refractivity contribution in [2.45, 2.75) is 11.8 Å².